The van der Waals surface area contributed by atoms with Crippen LogP contribution in [0, 0.1) is 0 Å². The Hall–Kier alpha value is -2.31. The number of piperidine rings is 1. The molecule has 2 aromatic rings. The molecular formula is C21H27N6+. The molecule has 4 heterocycles. The van der Waals surface area contributed by atoms with E-state index in [-0.39, 0.29) is 0 Å². The molecule has 0 radical (unpaired) electrons. The minimum absolute atomic E-state index is 0.488. The first-order chi connectivity index (χ1) is 13.2. The van der Waals surface area contributed by atoms with Crippen molar-refractivity contribution < 1.29 is 0 Å². The van der Waals surface area contributed by atoms with Crippen LogP contribution in [0.15, 0.2) is 24.5 Å². The number of hydrogen-bond donors (Lipinski definition) is 1. The van der Waals surface area contributed by atoms with Crippen LogP contribution in [-0.4, -0.2) is 41.8 Å². The van der Waals surface area contributed by atoms with Gasteiger partial charge in [0.05, 0.1) is 12.6 Å². The predicted molar refractivity (Wildman–Crippen MR) is 109 cm³/mol. The van der Waals surface area contributed by atoms with Crippen LogP contribution in [0.4, 0.5) is 11.6 Å². The van der Waals surface area contributed by atoms with Gasteiger partial charge in [0.2, 0.25) is 5.82 Å². The lowest BCUT2D eigenvalue weighted by molar-refractivity contribution is 0.454. The summed E-state index contributed by atoms with van der Waals surface area (Å²) in [6.07, 6.45) is 12.4. The fourth-order valence-electron chi connectivity index (χ4n) is 4.13. The zero-order chi connectivity index (χ0) is 18.4. The summed E-state index contributed by atoms with van der Waals surface area (Å²) in [7, 11) is 2.08. The van der Waals surface area contributed by atoms with Crippen molar-refractivity contribution in [2.24, 2.45) is 5.73 Å². The molecule has 6 nitrogen and oxygen atoms in total. The number of aromatic nitrogens is 3. The maximum atomic E-state index is 6.01. The Labute approximate surface area is 160 Å². The first kappa shape index (κ1) is 16.8. The molecule has 0 aromatic carbocycles. The molecule has 6 heteroatoms. The molecule has 2 aromatic heterocycles. The summed E-state index contributed by atoms with van der Waals surface area (Å²) in [5.41, 5.74) is 9.37. The van der Waals surface area contributed by atoms with Gasteiger partial charge in [-0.25, -0.2) is 19.4 Å². The highest BCUT2D eigenvalue weighted by Crippen LogP contribution is 2.42. The molecule has 140 valence electrons. The van der Waals surface area contributed by atoms with Crippen LogP contribution in [-0.2, 0) is 0 Å². The Bertz CT molecular complexity index is 898. The number of pyridine rings is 1. The molecule has 2 fully saturated rings. The van der Waals surface area contributed by atoms with Crippen molar-refractivity contribution in [3.63, 3.8) is 0 Å². The van der Waals surface area contributed by atoms with Gasteiger partial charge < -0.3 is 4.90 Å². The van der Waals surface area contributed by atoms with E-state index in [4.69, 9.17) is 15.7 Å². The van der Waals surface area contributed by atoms with Gasteiger partial charge in [-0.15, -0.1) is 0 Å². The van der Waals surface area contributed by atoms with E-state index < -0.39 is 0 Å². The number of nitrogens with two attached hydrogens (primary N) is 1. The fraction of sp³-hybridized carbons (Fsp3) is 0.476. The van der Waals surface area contributed by atoms with Gasteiger partial charge in [-0.2, -0.15) is 0 Å². The van der Waals surface area contributed by atoms with Crippen molar-refractivity contribution in [2.45, 2.75) is 38.0 Å². The number of nitrogens with zero attached hydrogens (tertiary/aromatic N) is 5. The van der Waals surface area contributed by atoms with E-state index in [0.29, 0.717) is 17.1 Å². The second kappa shape index (κ2) is 6.39. The summed E-state index contributed by atoms with van der Waals surface area (Å²) >= 11 is 0. The monoisotopic (exact) mass is 363 g/mol. The van der Waals surface area contributed by atoms with Crippen LogP contribution in [0.1, 0.15) is 49.3 Å². The number of quaternary nitrogens is 1. The summed E-state index contributed by atoms with van der Waals surface area (Å²) in [6, 6.07) is 4.27. The minimum Gasteiger partial charge on any atom is -0.356 e. The SMILES string of the molecule is C[N+]1(CN)C=Cc2c(-c3nc(C4CC4)cc(N4CCCCC4)n3)ccnc21. The zero-order valence-electron chi connectivity index (χ0n) is 15.9. The number of hydrogen-bond acceptors (Lipinski definition) is 5. The third-order valence-corrected chi connectivity index (χ3v) is 6.05. The van der Waals surface area contributed by atoms with Gasteiger partial charge >= 0.3 is 0 Å². The van der Waals surface area contributed by atoms with Gasteiger partial charge in [0.25, 0.3) is 0 Å². The maximum Gasteiger partial charge on any atom is 0.241 e. The average Bonchev–Trinajstić information content (AvgIpc) is 3.52. The molecule has 1 aliphatic carbocycles. The van der Waals surface area contributed by atoms with Gasteiger partial charge in [0.15, 0.2) is 5.82 Å². The molecule has 2 N–H and O–H groups in total. The van der Waals surface area contributed by atoms with E-state index in [1.54, 1.807) is 0 Å². The van der Waals surface area contributed by atoms with Crippen LogP contribution in [0.25, 0.3) is 17.5 Å². The lowest BCUT2D eigenvalue weighted by Crippen LogP contribution is -2.43. The zero-order valence-corrected chi connectivity index (χ0v) is 15.9. The van der Waals surface area contributed by atoms with Crippen molar-refractivity contribution in [1.82, 2.24) is 19.4 Å². The Morgan fingerprint density at radius 3 is 2.74 bits per heavy atom. The van der Waals surface area contributed by atoms with Crippen LogP contribution in [0.5, 0.6) is 0 Å². The van der Waals surface area contributed by atoms with E-state index in [9.17, 15) is 0 Å². The number of fused-ring (bicyclic) bond motifs is 1. The quantitative estimate of drug-likeness (QED) is 0.845. The van der Waals surface area contributed by atoms with Crippen molar-refractivity contribution >= 4 is 17.7 Å². The van der Waals surface area contributed by atoms with Crippen LogP contribution < -0.4 is 15.1 Å². The highest BCUT2D eigenvalue weighted by atomic mass is 15.4. The standard InChI is InChI=1S/C21H27N6/c1-27(14-22)12-8-17-16(7-9-23-21(17)27)20-24-18(15-5-6-15)13-19(25-20)26-10-3-2-4-11-26/h7-9,12-13,15H,2-6,10-11,14,22H2,1H3/q+1. The molecule has 0 amide bonds. The molecular weight excluding hydrogens is 336 g/mol. The summed E-state index contributed by atoms with van der Waals surface area (Å²) in [4.78, 5) is 17.0. The Kier molecular flexibility index (Phi) is 3.98. The predicted octanol–water partition coefficient (Wildman–Crippen LogP) is 3.24. The molecule has 0 bridgehead atoms. The third kappa shape index (κ3) is 2.93. The summed E-state index contributed by atoms with van der Waals surface area (Å²) < 4.78 is 0.518. The minimum atomic E-state index is 0.488. The summed E-state index contributed by atoms with van der Waals surface area (Å²) in [5, 5.41) is 0. The Balaban J connectivity index is 1.61. The second-order valence-electron chi connectivity index (χ2n) is 8.16. The average molecular weight is 363 g/mol. The van der Waals surface area contributed by atoms with Crippen LogP contribution in [0.2, 0.25) is 0 Å². The second-order valence-corrected chi connectivity index (χ2v) is 8.16. The molecule has 0 spiro atoms. The van der Waals surface area contributed by atoms with E-state index >= 15 is 0 Å². The Morgan fingerprint density at radius 1 is 1.19 bits per heavy atom. The molecule has 1 saturated heterocycles. The number of anilines is 1. The normalized spacial score (nSPS) is 24.3. The smallest absolute Gasteiger partial charge is 0.241 e. The van der Waals surface area contributed by atoms with Crippen LogP contribution >= 0.6 is 0 Å². The van der Waals surface area contributed by atoms with Crippen molar-refractivity contribution in [1.29, 1.82) is 0 Å². The Morgan fingerprint density at radius 2 is 2.00 bits per heavy atom. The molecule has 3 aliphatic rings. The topological polar surface area (TPSA) is 67.9 Å². The number of rotatable bonds is 4. The molecule has 1 unspecified atom stereocenters. The lowest BCUT2D eigenvalue weighted by Gasteiger charge is -2.28. The third-order valence-electron chi connectivity index (χ3n) is 6.05. The molecule has 1 atom stereocenters. The first-order valence-electron chi connectivity index (χ1n) is 10.1. The fourth-order valence-corrected chi connectivity index (χ4v) is 4.13. The highest BCUT2D eigenvalue weighted by Gasteiger charge is 2.34. The summed E-state index contributed by atoms with van der Waals surface area (Å²) in [6.45, 7) is 2.68. The largest absolute Gasteiger partial charge is 0.356 e. The van der Waals surface area contributed by atoms with Crippen molar-refractivity contribution in [3.8, 4) is 11.4 Å². The summed E-state index contributed by atoms with van der Waals surface area (Å²) in [5.74, 6) is 3.50. The maximum absolute atomic E-state index is 6.01. The van der Waals surface area contributed by atoms with Gasteiger partial charge in [0.1, 0.15) is 18.7 Å². The van der Waals surface area contributed by atoms with E-state index in [1.165, 1.54) is 37.8 Å². The molecule has 5 rings (SSSR count). The lowest BCUT2D eigenvalue weighted by atomic mass is 10.1. The molecule has 2 aliphatic heterocycles. The van der Waals surface area contributed by atoms with E-state index in [2.05, 4.69) is 35.3 Å². The van der Waals surface area contributed by atoms with Crippen molar-refractivity contribution in [3.05, 3.63) is 35.8 Å². The highest BCUT2D eigenvalue weighted by molar-refractivity contribution is 5.82. The van der Waals surface area contributed by atoms with Gasteiger partial charge in [0, 0.05) is 48.6 Å². The molecule has 1 saturated carbocycles. The van der Waals surface area contributed by atoms with Gasteiger partial charge in [-0.1, -0.05) is 0 Å². The van der Waals surface area contributed by atoms with Gasteiger partial charge in [-0.05, 0) is 38.2 Å². The first-order valence-corrected chi connectivity index (χ1v) is 10.1. The van der Waals surface area contributed by atoms with Crippen molar-refractivity contribution in [2.75, 3.05) is 31.7 Å². The molecule has 27 heavy (non-hydrogen) atoms. The van der Waals surface area contributed by atoms with E-state index in [0.717, 1.165) is 41.7 Å². The van der Waals surface area contributed by atoms with E-state index in [1.807, 2.05) is 12.3 Å². The van der Waals surface area contributed by atoms with Crippen LogP contribution in [0.3, 0.4) is 0 Å². The van der Waals surface area contributed by atoms with Gasteiger partial charge in [-0.3, -0.25) is 5.73 Å².